The first-order valence-corrected chi connectivity index (χ1v) is 3.37. The first-order valence-electron chi connectivity index (χ1n) is 2.99. The Balaban J connectivity index is 2.45. The second kappa shape index (κ2) is 3.39. The smallest absolute Gasteiger partial charge is 0.172 e. The summed E-state index contributed by atoms with van der Waals surface area (Å²) in [6, 6.07) is 1.48. The summed E-state index contributed by atoms with van der Waals surface area (Å²) >= 11 is 5.41. The number of aliphatic carboxylic acids is 1. The Labute approximate surface area is 67.8 Å². The molecule has 0 N–H and O–H groups in total. The fourth-order valence-electron chi connectivity index (χ4n) is 0.631. The average molecular weight is 175 g/mol. The molecule has 0 fully saturated rings. The van der Waals surface area contributed by atoms with Crippen LogP contribution in [0, 0.1) is 0 Å². The highest BCUT2D eigenvalue weighted by Gasteiger charge is 2.00. The molecule has 0 saturated heterocycles. The van der Waals surface area contributed by atoms with Gasteiger partial charge in [-0.1, -0.05) is 16.8 Å². The zero-order chi connectivity index (χ0) is 8.27. The number of carboxylic acids is 1. The molecular weight excluding hydrogens is 170 g/mol. The molecule has 0 radical (unpaired) electrons. The van der Waals surface area contributed by atoms with Crippen LogP contribution in [-0.2, 0) is 11.2 Å². The minimum atomic E-state index is -1.11. The van der Waals surface area contributed by atoms with Crippen molar-refractivity contribution >= 4 is 17.6 Å². The number of aryl methyl sites for hydroxylation is 1. The van der Waals surface area contributed by atoms with Crippen LogP contribution in [0.2, 0.25) is 5.15 Å². The molecule has 1 aromatic heterocycles. The highest BCUT2D eigenvalue weighted by molar-refractivity contribution is 6.29. The van der Waals surface area contributed by atoms with Crippen LogP contribution in [0.15, 0.2) is 10.6 Å². The van der Waals surface area contributed by atoms with Gasteiger partial charge in [0, 0.05) is 18.5 Å². The van der Waals surface area contributed by atoms with Crippen molar-refractivity contribution < 1.29 is 14.4 Å². The van der Waals surface area contributed by atoms with Gasteiger partial charge >= 0.3 is 0 Å². The van der Waals surface area contributed by atoms with E-state index in [1.807, 2.05) is 0 Å². The molecule has 1 heterocycles. The molecule has 11 heavy (non-hydrogen) atoms. The van der Waals surface area contributed by atoms with Crippen molar-refractivity contribution in [1.29, 1.82) is 0 Å². The van der Waals surface area contributed by atoms with Crippen molar-refractivity contribution in [2.45, 2.75) is 12.8 Å². The molecule has 0 saturated carbocycles. The lowest BCUT2D eigenvalue weighted by Crippen LogP contribution is -2.22. The molecule has 1 rings (SSSR count). The van der Waals surface area contributed by atoms with E-state index in [-0.39, 0.29) is 18.0 Å². The highest BCUT2D eigenvalue weighted by Crippen LogP contribution is 2.09. The van der Waals surface area contributed by atoms with Crippen molar-refractivity contribution in [3.63, 3.8) is 0 Å². The lowest BCUT2D eigenvalue weighted by atomic mass is 10.2. The SMILES string of the molecule is O=C([O-])CCc1cc(Cl)no1. The summed E-state index contributed by atoms with van der Waals surface area (Å²) in [4.78, 5) is 9.97. The van der Waals surface area contributed by atoms with E-state index in [9.17, 15) is 9.90 Å². The van der Waals surface area contributed by atoms with Gasteiger partial charge in [-0.05, 0) is 6.42 Å². The molecule has 0 bridgehead atoms. The van der Waals surface area contributed by atoms with Gasteiger partial charge in [-0.25, -0.2) is 0 Å². The van der Waals surface area contributed by atoms with E-state index in [1.165, 1.54) is 6.07 Å². The van der Waals surface area contributed by atoms with E-state index >= 15 is 0 Å². The van der Waals surface area contributed by atoms with Gasteiger partial charge in [-0.3, -0.25) is 0 Å². The molecule has 0 spiro atoms. The molecule has 1 aromatic rings. The lowest BCUT2D eigenvalue weighted by molar-refractivity contribution is -0.305. The molecule has 0 aliphatic rings. The van der Waals surface area contributed by atoms with Crippen LogP contribution in [-0.4, -0.2) is 11.1 Å². The zero-order valence-corrected chi connectivity index (χ0v) is 6.30. The summed E-state index contributed by atoms with van der Waals surface area (Å²) in [6.45, 7) is 0. The van der Waals surface area contributed by atoms with Gasteiger partial charge in [-0.2, -0.15) is 0 Å². The highest BCUT2D eigenvalue weighted by atomic mass is 35.5. The van der Waals surface area contributed by atoms with Crippen LogP contribution in [0.3, 0.4) is 0 Å². The van der Waals surface area contributed by atoms with Gasteiger partial charge < -0.3 is 14.4 Å². The third kappa shape index (κ3) is 2.59. The third-order valence-corrected chi connectivity index (χ3v) is 1.28. The number of carbonyl (C=O) groups is 1. The quantitative estimate of drug-likeness (QED) is 0.648. The summed E-state index contributed by atoms with van der Waals surface area (Å²) in [5, 5.41) is 13.6. The summed E-state index contributed by atoms with van der Waals surface area (Å²) in [6.07, 6.45) is 0.188. The first kappa shape index (κ1) is 8.07. The van der Waals surface area contributed by atoms with Crippen LogP contribution in [0.25, 0.3) is 0 Å². The summed E-state index contributed by atoms with van der Waals surface area (Å²) in [5.74, 6) is -0.656. The normalized spacial score (nSPS) is 9.91. The van der Waals surface area contributed by atoms with Crippen molar-refractivity contribution in [3.05, 3.63) is 17.0 Å². The minimum Gasteiger partial charge on any atom is -0.550 e. The number of hydrogen-bond acceptors (Lipinski definition) is 4. The number of hydrogen-bond donors (Lipinski definition) is 0. The van der Waals surface area contributed by atoms with Gasteiger partial charge in [0.2, 0.25) is 0 Å². The van der Waals surface area contributed by atoms with Crippen LogP contribution in [0.1, 0.15) is 12.2 Å². The van der Waals surface area contributed by atoms with Crippen LogP contribution in [0.5, 0.6) is 0 Å². The largest absolute Gasteiger partial charge is 0.550 e. The summed E-state index contributed by atoms with van der Waals surface area (Å²) in [5.41, 5.74) is 0. The number of carbonyl (C=O) groups excluding carboxylic acids is 1. The van der Waals surface area contributed by atoms with E-state index in [4.69, 9.17) is 11.6 Å². The fraction of sp³-hybridized carbons (Fsp3) is 0.333. The maximum atomic E-state index is 9.97. The van der Waals surface area contributed by atoms with E-state index in [0.29, 0.717) is 5.76 Å². The number of rotatable bonds is 3. The number of halogens is 1. The van der Waals surface area contributed by atoms with Gasteiger partial charge in [0.25, 0.3) is 0 Å². The van der Waals surface area contributed by atoms with Crippen LogP contribution >= 0.6 is 11.6 Å². The summed E-state index contributed by atoms with van der Waals surface area (Å²) < 4.78 is 4.64. The number of nitrogens with zero attached hydrogens (tertiary/aromatic N) is 1. The Kier molecular flexibility index (Phi) is 2.48. The van der Waals surface area contributed by atoms with Gasteiger partial charge in [0.1, 0.15) is 5.76 Å². The first-order chi connectivity index (χ1) is 5.18. The Morgan fingerprint density at radius 2 is 2.55 bits per heavy atom. The maximum Gasteiger partial charge on any atom is 0.172 e. The van der Waals surface area contributed by atoms with Crippen molar-refractivity contribution in [3.8, 4) is 0 Å². The van der Waals surface area contributed by atoms with Crippen molar-refractivity contribution in [2.24, 2.45) is 0 Å². The predicted octanol–water partition coefficient (Wildman–Crippen LogP) is 0.0105. The fourth-order valence-corrected chi connectivity index (χ4v) is 0.787. The van der Waals surface area contributed by atoms with Crippen LogP contribution in [0.4, 0.5) is 0 Å². The Morgan fingerprint density at radius 3 is 3.00 bits per heavy atom. The average Bonchev–Trinajstić information content (AvgIpc) is 2.31. The van der Waals surface area contributed by atoms with Crippen molar-refractivity contribution in [1.82, 2.24) is 5.16 Å². The molecule has 5 heteroatoms. The molecule has 0 aliphatic carbocycles. The maximum absolute atomic E-state index is 9.97. The molecule has 0 aromatic carbocycles. The summed E-state index contributed by atoms with van der Waals surface area (Å²) in [7, 11) is 0. The standard InChI is InChI=1S/C6H6ClNO3/c7-5-3-4(11-8-5)1-2-6(9)10/h3H,1-2H2,(H,9,10)/p-1. The monoisotopic (exact) mass is 174 g/mol. The second-order valence-corrected chi connectivity index (χ2v) is 2.38. The molecule has 0 aliphatic heterocycles. The minimum absolute atomic E-state index is 0.0779. The van der Waals surface area contributed by atoms with E-state index in [1.54, 1.807) is 0 Å². The lowest BCUT2D eigenvalue weighted by Gasteiger charge is -1.96. The predicted molar refractivity (Wildman–Crippen MR) is 34.8 cm³/mol. The number of aromatic nitrogens is 1. The molecule has 0 atom stereocenters. The van der Waals surface area contributed by atoms with E-state index in [0.717, 1.165) is 0 Å². The molecule has 4 nitrogen and oxygen atoms in total. The van der Waals surface area contributed by atoms with Gasteiger partial charge in [0.15, 0.2) is 5.15 Å². The number of carboxylic acid groups (broad SMARTS) is 1. The topological polar surface area (TPSA) is 66.2 Å². The molecule has 0 unspecified atom stereocenters. The second-order valence-electron chi connectivity index (χ2n) is 1.99. The third-order valence-electron chi connectivity index (χ3n) is 1.11. The Hall–Kier alpha value is -1.03. The van der Waals surface area contributed by atoms with E-state index in [2.05, 4.69) is 9.68 Å². The van der Waals surface area contributed by atoms with Crippen LogP contribution < -0.4 is 5.11 Å². The molecule has 0 amide bonds. The van der Waals surface area contributed by atoms with Gasteiger partial charge in [0.05, 0.1) is 0 Å². The van der Waals surface area contributed by atoms with E-state index < -0.39 is 5.97 Å². The molecule has 60 valence electrons. The molecular formula is C6H5ClNO3-. The Morgan fingerprint density at radius 1 is 1.82 bits per heavy atom. The zero-order valence-electron chi connectivity index (χ0n) is 5.54. The van der Waals surface area contributed by atoms with Crippen molar-refractivity contribution in [2.75, 3.05) is 0 Å². The Bertz CT molecular complexity index is 258. The van der Waals surface area contributed by atoms with Gasteiger partial charge in [-0.15, -0.1) is 0 Å².